The first-order valence-corrected chi connectivity index (χ1v) is 11.6. The van der Waals surface area contributed by atoms with Gasteiger partial charge in [0, 0.05) is 39.8 Å². The first-order valence-electron chi connectivity index (χ1n) is 11.6. The van der Waals surface area contributed by atoms with Gasteiger partial charge in [0.15, 0.2) is 5.96 Å². The van der Waals surface area contributed by atoms with E-state index in [9.17, 15) is 0 Å². The lowest BCUT2D eigenvalue weighted by atomic mass is 9.99. The fourth-order valence-electron chi connectivity index (χ4n) is 4.92. The third-order valence-corrected chi connectivity index (χ3v) is 6.64. The average Bonchev–Trinajstić information content (AvgIpc) is 3.44. The van der Waals surface area contributed by atoms with Crippen molar-refractivity contribution in [3.05, 3.63) is 71.8 Å². The minimum absolute atomic E-state index is 0.722. The summed E-state index contributed by atoms with van der Waals surface area (Å²) in [5, 5.41) is 3.68. The Morgan fingerprint density at radius 1 is 0.900 bits per heavy atom. The maximum atomic E-state index is 4.59. The minimum Gasteiger partial charge on any atom is -0.356 e. The van der Waals surface area contributed by atoms with Crippen molar-refractivity contribution in [1.82, 2.24) is 15.1 Å². The van der Waals surface area contributed by atoms with Gasteiger partial charge in [0.2, 0.25) is 0 Å². The average molecular weight is 405 g/mol. The Morgan fingerprint density at radius 3 is 2.33 bits per heavy atom. The van der Waals surface area contributed by atoms with Gasteiger partial charge in [0.1, 0.15) is 0 Å². The van der Waals surface area contributed by atoms with Crippen LogP contribution in [0.1, 0.15) is 24.0 Å². The molecule has 1 N–H and O–H groups in total. The third-order valence-electron chi connectivity index (χ3n) is 6.64. The number of hydrogen-bond donors (Lipinski definition) is 1. The first kappa shape index (κ1) is 20.9. The number of aliphatic imine (C=N–C) groups is 1. The number of likely N-dealkylation sites (tertiary alicyclic amines) is 2. The summed E-state index contributed by atoms with van der Waals surface area (Å²) in [7, 11) is 1.92. The van der Waals surface area contributed by atoms with Gasteiger partial charge < -0.3 is 15.1 Å². The lowest BCUT2D eigenvalue weighted by Crippen LogP contribution is -2.42. The van der Waals surface area contributed by atoms with E-state index in [0.717, 1.165) is 43.9 Å². The molecule has 30 heavy (non-hydrogen) atoms. The van der Waals surface area contributed by atoms with E-state index in [1.807, 2.05) is 7.05 Å². The Balaban J connectivity index is 1.18. The van der Waals surface area contributed by atoms with Gasteiger partial charge in [-0.3, -0.25) is 4.99 Å². The number of hydrogen-bond acceptors (Lipinski definition) is 2. The Kier molecular flexibility index (Phi) is 7.41. The summed E-state index contributed by atoms with van der Waals surface area (Å²) >= 11 is 0. The van der Waals surface area contributed by atoms with Crippen LogP contribution in [0.25, 0.3) is 0 Å². The molecule has 2 aliphatic heterocycles. The summed E-state index contributed by atoms with van der Waals surface area (Å²) in [4.78, 5) is 9.66. The van der Waals surface area contributed by atoms with E-state index in [1.165, 1.54) is 50.0 Å². The molecule has 2 atom stereocenters. The predicted octanol–water partition coefficient (Wildman–Crippen LogP) is 3.69. The molecule has 2 fully saturated rings. The first-order chi connectivity index (χ1) is 14.8. The summed E-state index contributed by atoms with van der Waals surface area (Å²) in [6, 6.07) is 21.7. The van der Waals surface area contributed by atoms with Gasteiger partial charge >= 0.3 is 0 Å². The second-order valence-electron chi connectivity index (χ2n) is 8.91. The zero-order valence-corrected chi connectivity index (χ0v) is 18.3. The molecule has 2 aromatic rings. The quantitative estimate of drug-likeness (QED) is 0.564. The smallest absolute Gasteiger partial charge is 0.193 e. The summed E-state index contributed by atoms with van der Waals surface area (Å²) in [5.41, 5.74) is 2.90. The normalized spacial score (nSPS) is 22.6. The highest BCUT2D eigenvalue weighted by Gasteiger charge is 2.27. The molecule has 0 radical (unpaired) electrons. The number of nitrogens with one attached hydrogen (secondary N) is 1. The summed E-state index contributed by atoms with van der Waals surface area (Å²) in [5.74, 6) is 2.54. The van der Waals surface area contributed by atoms with Gasteiger partial charge in [-0.1, -0.05) is 60.7 Å². The fourth-order valence-corrected chi connectivity index (χ4v) is 4.92. The molecule has 4 rings (SSSR count). The number of benzene rings is 2. The Bertz CT molecular complexity index is 789. The van der Waals surface area contributed by atoms with Gasteiger partial charge in [-0.05, 0) is 55.2 Å². The van der Waals surface area contributed by atoms with Crippen molar-refractivity contribution in [3.63, 3.8) is 0 Å². The van der Waals surface area contributed by atoms with E-state index >= 15 is 0 Å². The van der Waals surface area contributed by atoms with Crippen molar-refractivity contribution >= 4 is 5.96 Å². The molecule has 2 aromatic carbocycles. The fraction of sp³-hybridized carbons (Fsp3) is 0.500. The van der Waals surface area contributed by atoms with Crippen molar-refractivity contribution in [1.29, 1.82) is 0 Å². The molecule has 2 unspecified atom stereocenters. The van der Waals surface area contributed by atoms with Crippen LogP contribution in [-0.2, 0) is 12.8 Å². The van der Waals surface area contributed by atoms with E-state index in [4.69, 9.17) is 0 Å². The lowest BCUT2D eigenvalue weighted by molar-refractivity contribution is 0.327. The molecule has 0 spiro atoms. The molecule has 2 heterocycles. The molecule has 0 aliphatic carbocycles. The number of guanidine groups is 1. The van der Waals surface area contributed by atoms with Gasteiger partial charge in [-0.15, -0.1) is 0 Å². The van der Waals surface area contributed by atoms with Crippen molar-refractivity contribution in [2.45, 2.75) is 25.7 Å². The van der Waals surface area contributed by atoms with Gasteiger partial charge in [0.25, 0.3) is 0 Å². The molecule has 4 heteroatoms. The highest BCUT2D eigenvalue weighted by Crippen LogP contribution is 2.21. The van der Waals surface area contributed by atoms with Crippen LogP contribution in [0.2, 0.25) is 0 Å². The molecule has 2 saturated heterocycles. The maximum Gasteiger partial charge on any atom is 0.193 e. The molecule has 4 nitrogen and oxygen atoms in total. The third kappa shape index (κ3) is 5.85. The van der Waals surface area contributed by atoms with Gasteiger partial charge in [0.05, 0.1) is 0 Å². The van der Waals surface area contributed by atoms with E-state index in [2.05, 4.69) is 80.8 Å². The largest absolute Gasteiger partial charge is 0.356 e. The van der Waals surface area contributed by atoms with Gasteiger partial charge in [-0.2, -0.15) is 0 Å². The monoisotopic (exact) mass is 404 g/mol. The molecular weight excluding hydrogens is 368 g/mol. The van der Waals surface area contributed by atoms with Crippen LogP contribution in [0.4, 0.5) is 0 Å². The zero-order valence-electron chi connectivity index (χ0n) is 18.3. The predicted molar refractivity (Wildman–Crippen MR) is 126 cm³/mol. The highest BCUT2D eigenvalue weighted by atomic mass is 15.3. The van der Waals surface area contributed by atoms with Gasteiger partial charge in [-0.25, -0.2) is 0 Å². The maximum absolute atomic E-state index is 4.59. The van der Waals surface area contributed by atoms with Crippen LogP contribution in [0.5, 0.6) is 0 Å². The molecular formula is C26H36N4. The molecule has 0 amide bonds. The Hall–Kier alpha value is -2.33. The number of nitrogens with zero attached hydrogens (tertiary/aromatic N) is 3. The van der Waals surface area contributed by atoms with Crippen LogP contribution in [-0.4, -0.2) is 62.1 Å². The van der Waals surface area contributed by atoms with Crippen molar-refractivity contribution in [3.8, 4) is 0 Å². The second kappa shape index (κ2) is 10.6. The second-order valence-corrected chi connectivity index (χ2v) is 8.91. The van der Waals surface area contributed by atoms with Crippen molar-refractivity contribution in [2.75, 3.05) is 46.3 Å². The van der Waals surface area contributed by atoms with E-state index in [0.29, 0.717) is 0 Å². The zero-order chi connectivity index (χ0) is 20.6. The highest BCUT2D eigenvalue weighted by molar-refractivity contribution is 5.80. The van der Waals surface area contributed by atoms with E-state index in [1.54, 1.807) is 0 Å². The Labute approximate surface area is 182 Å². The molecule has 0 saturated carbocycles. The standard InChI is InChI=1S/C26H36N4/c1-27-26(30-17-14-24(21-30)18-23-10-6-3-7-11-23)28-19-25-13-16-29(20-25)15-12-22-8-4-2-5-9-22/h2-11,24-25H,12-21H2,1H3,(H,27,28). The topological polar surface area (TPSA) is 30.9 Å². The van der Waals surface area contributed by atoms with E-state index in [-0.39, 0.29) is 0 Å². The van der Waals surface area contributed by atoms with Crippen LogP contribution < -0.4 is 5.32 Å². The molecule has 0 bridgehead atoms. The van der Waals surface area contributed by atoms with E-state index < -0.39 is 0 Å². The van der Waals surface area contributed by atoms with Crippen molar-refractivity contribution < 1.29 is 0 Å². The van der Waals surface area contributed by atoms with Crippen LogP contribution in [0.3, 0.4) is 0 Å². The summed E-state index contributed by atoms with van der Waals surface area (Å²) in [6.07, 6.45) is 4.87. The lowest BCUT2D eigenvalue weighted by Gasteiger charge is -2.23. The molecule has 160 valence electrons. The summed E-state index contributed by atoms with van der Waals surface area (Å²) < 4.78 is 0. The van der Waals surface area contributed by atoms with Crippen LogP contribution in [0.15, 0.2) is 65.7 Å². The molecule has 0 aromatic heterocycles. The van der Waals surface area contributed by atoms with Crippen molar-refractivity contribution in [2.24, 2.45) is 16.8 Å². The Morgan fingerprint density at radius 2 is 1.60 bits per heavy atom. The summed E-state index contributed by atoms with van der Waals surface area (Å²) in [6.45, 7) is 6.86. The number of rotatable bonds is 7. The molecule has 2 aliphatic rings. The van der Waals surface area contributed by atoms with Crippen LogP contribution in [0, 0.1) is 11.8 Å². The SMILES string of the molecule is CN=C(NCC1CCN(CCc2ccccc2)C1)N1CCC(Cc2ccccc2)C1. The van der Waals surface area contributed by atoms with Crippen LogP contribution >= 0.6 is 0 Å². The minimum atomic E-state index is 0.722.